The molecule has 1 aliphatic rings. The van der Waals surface area contributed by atoms with Gasteiger partial charge in [-0.3, -0.25) is 4.79 Å². The van der Waals surface area contributed by atoms with Crippen LogP contribution < -0.4 is 5.56 Å². The smallest absolute Gasteiger partial charge is 0.258 e. The van der Waals surface area contributed by atoms with Gasteiger partial charge in [0.2, 0.25) is 0 Å². The van der Waals surface area contributed by atoms with Crippen LogP contribution >= 0.6 is 0 Å². The van der Waals surface area contributed by atoms with Gasteiger partial charge >= 0.3 is 0 Å². The molecule has 0 radical (unpaired) electrons. The fraction of sp³-hybridized carbons (Fsp3) is 0.133. The molecule has 0 bridgehead atoms. The number of benzene rings is 2. The van der Waals surface area contributed by atoms with Gasteiger partial charge < -0.3 is 4.57 Å². The lowest BCUT2D eigenvalue weighted by Gasteiger charge is -2.07. The second-order valence-corrected chi connectivity index (χ2v) is 4.57. The zero-order valence-electron chi connectivity index (χ0n) is 9.31. The highest BCUT2D eigenvalue weighted by atomic mass is 16.1. The van der Waals surface area contributed by atoms with Crippen molar-refractivity contribution in [1.29, 1.82) is 0 Å². The zero-order valence-corrected chi connectivity index (χ0v) is 9.31. The predicted molar refractivity (Wildman–Crippen MR) is 69.4 cm³/mol. The molecule has 0 spiro atoms. The quantitative estimate of drug-likeness (QED) is 0.535. The molecule has 0 saturated heterocycles. The van der Waals surface area contributed by atoms with Gasteiger partial charge in [-0.05, 0) is 23.4 Å². The molecule has 2 heterocycles. The second kappa shape index (κ2) is 2.98. The first-order valence-electron chi connectivity index (χ1n) is 5.89. The largest absolute Gasteiger partial charge is 0.307 e. The minimum absolute atomic E-state index is 0.151. The molecule has 17 heavy (non-hydrogen) atoms. The van der Waals surface area contributed by atoms with E-state index in [9.17, 15) is 4.79 Å². The number of fused-ring (bicyclic) bond motifs is 2. The Hall–Kier alpha value is -2.09. The maximum absolute atomic E-state index is 12.4. The predicted octanol–water partition coefficient (Wildman–Crippen LogP) is 2.71. The third-order valence-corrected chi connectivity index (χ3v) is 3.69. The second-order valence-electron chi connectivity index (χ2n) is 4.57. The molecule has 0 saturated carbocycles. The number of aromatic nitrogens is 1. The number of hydrogen-bond acceptors (Lipinski definition) is 1. The summed E-state index contributed by atoms with van der Waals surface area (Å²) >= 11 is 0. The van der Waals surface area contributed by atoms with Gasteiger partial charge in [0.1, 0.15) is 0 Å². The van der Waals surface area contributed by atoms with Crippen molar-refractivity contribution in [3.05, 3.63) is 58.4 Å². The van der Waals surface area contributed by atoms with Crippen molar-refractivity contribution in [2.45, 2.75) is 13.0 Å². The summed E-state index contributed by atoms with van der Waals surface area (Å²) in [7, 11) is 0. The van der Waals surface area contributed by atoms with Crippen molar-refractivity contribution in [2.75, 3.05) is 0 Å². The van der Waals surface area contributed by atoms with Gasteiger partial charge in [-0.1, -0.05) is 36.4 Å². The average Bonchev–Trinajstić information content (AvgIpc) is 2.81. The van der Waals surface area contributed by atoms with Gasteiger partial charge in [-0.15, -0.1) is 0 Å². The third kappa shape index (κ3) is 1.02. The molecular weight excluding hydrogens is 210 g/mol. The number of pyridine rings is 1. The summed E-state index contributed by atoms with van der Waals surface area (Å²) in [5.74, 6) is 0. The number of aryl methyl sites for hydroxylation is 2. The van der Waals surface area contributed by atoms with Crippen LogP contribution in [0.25, 0.3) is 21.7 Å². The lowest BCUT2D eigenvalue weighted by molar-refractivity contribution is 0.747. The average molecular weight is 221 g/mol. The van der Waals surface area contributed by atoms with E-state index in [2.05, 4.69) is 18.2 Å². The molecule has 4 rings (SSSR count). The summed E-state index contributed by atoms with van der Waals surface area (Å²) in [6.07, 6.45) is 0.975. The number of hydrogen-bond donors (Lipinski definition) is 0. The first-order valence-corrected chi connectivity index (χ1v) is 5.89. The molecule has 0 amide bonds. The zero-order chi connectivity index (χ0) is 11.4. The van der Waals surface area contributed by atoms with E-state index in [-0.39, 0.29) is 5.56 Å². The van der Waals surface area contributed by atoms with Crippen LogP contribution in [-0.4, -0.2) is 4.57 Å². The Morgan fingerprint density at radius 2 is 1.65 bits per heavy atom. The Balaban J connectivity index is 2.44. The molecule has 0 fully saturated rings. The number of para-hydroxylation sites is 1. The van der Waals surface area contributed by atoms with Crippen molar-refractivity contribution in [2.24, 2.45) is 0 Å². The molecule has 1 aromatic heterocycles. The van der Waals surface area contributed by atoms with Gasteiger partial charge in [0, 0.05) is 17.3 Å². The van der Waals surface area contributed by atoms with E-state index >= 15 is 0 Å². The van der Waals surface area contributed by atoms with E-state index in [0.717, 1.165) is 29.3 Å². The van der Waals surface area contributed by atoms with E-state index in [0.29, 0.717) is 0 Å². The maximum atomic E-state index is 12.4. The fourth-order valence-electron chi connectivity index (χ4n) is 2.93. The van der Waals surface area contributed by atoms with Crippen molar-refractivity contribution < 1.29 is 0 Å². The molecule has 0 unspecified atom stereocenters. The number of nitrogens with zero attached hydrogens (tertiary/aromatic N) is 1. The van der Waals surface area contributed by atoms with Crippen LogP contribution in [0.2, 0.25) is 0 Å². The first kappa shape index (κ1) is 8.99. The lowest BCUT2D eigenvalue weighted by atomic mass is 10.0. The van der Waals surface area contributed by atoms with Crippen LogP contribution in [0.15, 0.2) is 47.3 Å². The Labute approximate surface area is 98.1 Å². The Morgan fingerprint density at radius 3 is 2.53 bits per heavy atom. The van der Waals surface area contributed by atoms with Crippen LogP contribution in [0.5, 0.6) is 0 Å². The third-order valence-electron chi connectivity index (χ3n) is 3.69. The SMILES string of the molecule is O=c1c2ccccc2c2cccc3c2n1CC3. The molecular formula is C15H11NO. The Morgan fingerprint density at radius 1 is 0.882 bits per heavy atom. The van der Waals surface area contributed by atoms with Crippen LogP contribution in [0.1, 0.15) is 5.56 Å². The Kier molecular flexibility index (Phi) is 1.57. The molecule has 2 nitrogen and oxygen atoms in total. The minimum Gasteiger partial charge on any atom is -0.307 e. The molecule has 0 aliphatic carbocycles. The van der Waals surface area contributed by atoms with Gasteiger partial charge in [-0.25, -0.2) is 0 Å². The summed E-state index contributed by atoms with van der Waals surface area (Å²) in [6, 6.07) is 14.2. The molecule has 2 aromatic carbocycles. The summed E-state index contributed by atoms with van der Waals surface area (Å²) in [6.45, 7) is 0.819. The van der Waals surface area contributed by atoms with Crippen molar-refractivity contribution in [3.63, 3.8) is 0 Å². The first-order chi connectivity index (χ1) is 8.36. The topological polar surface area (TPSA) is 22.0 Å². The monoisotopic (exact) mass is 221 g/mol. The summed E-state index contributed by atoms with van der Waals surface area (Å²) in [5, 5.41) is 3.11. The van der Waals surface area contributed by atoms with Crippen LogP contribution in [-0.2, 0) is 13.0 Å². The number of rotatable bonds is 0. The van der Waals surface area contributed by atoms with Crippen LogP contribution in [0, 0.1) is 0 Å². The van der Waals surface area contributed by atoms with Crippen LogP contribution in [0.4, 0.5) is 0 Å². The molecule has 82 valence electrons. The molecule has 1 aliphatic heterocycles. The van der Waals surface area contributed by atoms with Crippen molar-refractivity contribution >= 4 is 21.7 Å². The minimum atomic E-state index is 0.151. The van der Waals surface area contributed by atoms with Crippen molar-refractivity contribution in [1.82, 2.24) is 4.57 Å². The summed E-state index contributed by atoms with van der Waals surface area (Å²) in [4.78, 5) is 12.4. The van der Waals surface area contributed by atoms with E-state index in [1.54, 1.807) is 0 Å². The van der Waals surface area contributed by atoms with E-state index in [1.165, 1.54) is 10.9 Å². The summed E-state index contributed by atoms with van der Waals surface area (Å²) < 4.78 is 1.92. The molecule has 0 N–H and O–H groups in total. The van der Waals surface area contributed by atoms with Gasteiger partial charge in [0.05, 0.1) is 5.52 Å². The highest BCUT2D eigenvalue weighted by molar-refractivity contribution is 6.06. The molecule has 0 atom stereocenters. The highest BCUT2D eigenvalue weighted by Gasteiger charge is 2.17. The fourth-order valence-corrected chi connectivity index (χ4v) is 2.93. The van der Waals surface area contributed by atoms with E-state index < -0.39 is 0 Å². The van der Waals surface area contributed by atoms with Crippen LogP contribution in [0.3, 0.4) is 0 Å². The standard InChI is InChI=1S/C15H11NO/c17-15-13-6-2-1-5-11(13)12-7-3-4-10-8-9-16(15)14(10)12/h1-7H,8-9H2. The van der Waals surface area contributed by atoms with Gasteiger partial charge in [-0.2, -0.15) is 0 Å². The van der Waals surface area contributed by atoms with Gasteiger partial charge in [0.25, 0.3) is 5.56 Å². The lowest BCUT2D eigenvalue weighted by Crippen LogP contribution is -2.18. The molecule has 2 heteroatoms. The Bertz CT molecular complexity index is 814. The highest BCUT2D eigenvalue weighted by Crippen LogP contribution is 2.29. The summed E-state index contributed by atoms with van der Waals surface area (Å²) in [5.41, 5.74) is 2.58. The van der Waals surface area contributed by atoms with Crippen molar-refractivity contribution in [3.8, 4) is 0 Å². The van der Waals surface area contributed by atoms with E-state index in [1.807, 2.05) is 28.8 Å². The van der Waals surface area contributed by atoms with E-state index in [4.69, 9.17) is 0 Å². The normalized spacial score (nSPS) is 13.6. The maximum Gasteiger partial charge on any atom is 0.258 e. The molecule has 3 aromatic rings. The van der Waals surface area contributed by atoms with Gasteiger partial charge in [0.15, 0.2) is 0 Å².